The first-order valence-corrected chi connectivity index (χ1v) is 6.02. The van der Waals surface area contributed by atoms with Crippen molar-refractivity contribution < 1.29 is 14.3 Å². The minimum absolute atomic E-state index is 0.126. The molecule has 5 heteroatoms. The zero-order valence-electron chi connectivity index (χ0n) is 10.6. The van der Waals surface area contributed by atoms with Crippen LogP contribution >= 0.6 is 0 Å². The van der Waals surface area contributed by atoms with E-state index in [0.29, 0.717) is 25.2 Å². The van der Waals surface area contributed by atoms with Crippen molar-refractivity contribution in [3.05, 3.63) is 40.7 Å². The minimum atomic E-state index is -0.236. The molecule has 0 atom stereocenters. The summed E-state index contributed by atoms with van der Waals surface area (Å²) in [6.07, 6.45) is 0.952. The van der Waals surface area contributed by atoms with Gasteiger partial charge in [0.25, 0.3) is 0 Å². The zero-order chi connectivity index (χ0) is 13.7. The molecule has 0 saturated heterocycles. The molecule has 0 radical (unpaired) electrons. The standard InChI is InChI=1S/C14H15NO4/c1-18-14(17)3-2-8-19-11-5-6-12-10(9-11)4-7-13(16)15-12/h4-7,9H,2-3,8H2,1H3,(H,15,16). The number of H-pyrrole nitrogens is 1. The molecule has 1 aromatic heterocycles. The number of carbonyl (C=O) groups excluding carboxylic acids is 1. The van der Waals surface area contributed by atoms with Gasteiger partial charge in [0, 0.05) is 23.4 Å². The molecule has 19 heavy (non-hydrogen) atoms. The number of fused-ring (bicyclic) bond motifs is 1. The van der Waals surface area contributed by atoms with Gasteiger partial charge < -0.3 is 14.5 Å². The lowest BCUT2D eigenvalue weighted by Crippen LogP contribution is -2.05. The number of aromatic amines is 1. The fourth-order valence-corrected chi connectivity index (χ4v) is 1.73. The summed E-state index contributed by atoms with van der Waals surface area (Å²) in [7, 11) is 1.37. The van der Waals surface area contributed by atoms with Crippen LogP contribution in [0.15, 0.2) is 35.1 Å². The molecule has 2 aromatic rings. The highest BCUT2D eigenvalue weighted by molar-refractivity contribution is 5.79. The highest BCUT2D eigenvalue weighted by Crippen LogP contribution is 2.18. The van der Waals surface area contributed by atoms with E-state index in [4.69, 9.17) is 4.74 Å². The molecule has 1 aromatic carbocycles. The number of aromatic nitrogens is 1. The van der Waals surface area contributed by atoms with Crippen molar-refractivity contribution in [3.63, 3.8) is 0 Å². The Labute approximate surface area is 110 Å². The molecule has 0 bridgehead atoms. The van der Waals surface area contributed by atoms with E-state index in [1.54, 1.807) is 18.2 Å². The van der Waals surface area contributed by atoms with Gasteiger partial charge in [0.05, 0.1) is 13.7 Å². The highest BCUT2D eigenvalue weighted by atomic mass is 16.5. The molecule has 5 nitrogen and oxygen atoms in total. The number of esters is 1. The Bertz CT molecular complexity index is 633. The normalized spacial score (nSPS) is 10.4. The van der Waals surface area contributed by atoms with Gasteiger partial charge in [0.15, 0.2) is 0 Å². The van der Waals surface area contributed by atoms with Crippen LogP contribution in [-0.2, 0) is 9.53 Å². The summed E-state index contributed by atoms with van der Waals surface area (Å²) in [5, 5.41) is 0.907. The summed E-state index contributed by atoms with van der Waals surface area (Å²) in [5.74, 6) is 0.476. The number of benzene rings is 1. The molecule has 0 spiro atoms. The number of carbonyl (C=O) groups is 1. The summed E-state index contributed by atoms with van der Waals surface area (Å²) in [5.41, 5.74) is 0.647. The number of nitrogens with one attached hydrogen (secondary N) is 1. The number of pyridine rings is 1. The van der Waals surface area contributed by atoms with Crippen LogP contribution in [0.3, 0.4) is 0 Å². The molecule has 0 saturated carbocycles. The molecular formula is C14H15NO4. The second kappa shape index (κ2) is 6.04. The second-order valence-electron chi connectivity index (χ2n) is 4.10. The molecule has 1 heterocycles. The predicted octanol–water partition coefficient (Wildman–Crippen LogP) is 1.86. The lowest BCUT2D eigenvalue weighted by Gasteiger charge is -2.06. The van der Waals surface area contributed by atoms with E-state index in [-0.39, 0.29) is 11.5 Å². The van der Waals surface area contributed by atoms with Gasteiger partial charge in [-0.05, 0) is 30.7 Å². The van der Waals surface area contributed by atoms with Crippen LogP contribution in [-0.4, -0.2) is 24.7 Å². The van der Waals surface area contributed by atoms with Crippen LogP contribution < -0.4 is 10.3 Å². The first-order valence-electron chi connectivity index (χ1n) is 6.02. The number of hydrogen-bond donors (Lipinski definition) is 1. The second-order valence-corrected chi connectivity index (χ2v) is 4.10. The number of ether oxygens (including phenoxy) is 2. The van der Waals surface area contributed by atoms with Crippen LogP contribution in [0.1, 0.15) is 12.8 Å². The van der Waals surface area contributed by atoms with E-state index in [9.17, 15) is 9.59 Å². The molecule has 2 rings (SSSR count). The van der Waals surface area contributed by atoms with Crippen molar-refractivity contribution in [2.45, 2.75) is 12.8 Å². The van der Waals surface area contributed by atoms with Gasteiger partial charge in [-0.25, -0.2) is 0 Å². The Morgan fingerprint density at radius 3 is 2.89 bits per heavy atom. The third-order valence-electron chi connectivity index (χ3n) is 2.72. The lowest BCUT2D eigenvalue weighted by molar-refractivity contribution is -0.140. The molecule has 0 amide bonds. The highest BCUT2D eigenvalue weighted by Gasteiger charge is 2.01. The van der Waals surface area contributed by atoms with Crippen LogP contribution in [0.25, 0.3) is 10.9 Å². The maximum absolute atomic E-state index is 11.1. The predicted molar refractivity (Wildman–Crippen MR) is 71.3 cm³/mol. The van der Waals surface area contributed by atoms with Gasteiger partial charge in [0.2, 0.25) is 5.56 Å². The molecule has 0 aliphatic heterocycles. The Kier molecular flexibility index (Phi) is 4.18. The fourth-order valence-electron chi connectivity index (χ4n) is 1.73. The molecule has 0 aliphatic carbocycles. The van der Waals surface area contributed by atoms with Gasteiger partial charge in [-0.3, -0.25) is 9.59 Å². The lowest BCUT2D eigenvalue weighted by atomic mass is 10.2. The third kappa shape index (κ3) is 3.58. The average molecular weight is 261 g/mol. The summed E-state index contributed by atoms with van der Waals surface area (Å²) in [6, 6.07) is 8.66. The fraction of sp³-hybridized carbons (Fsp3) is 0.286. The van der Waals surface area contributed by atoms with Gasteiger partial charge >= 0.3 is 5.97 Å². The van der Waals surface area contributed by atoms with Crippen molar-refractivity contribution in [2.24, 2.45) is 0 Å². The van der Waals surface area contributed by atoms with E-state index in [2.05, 4.69) is 9.72 Å². The summed E-state index contributed by atoms with van der Waals surface area (Å²) >= 11 is 0. The first-order chi connectivity index (χ1) is 9.19. The smallest absolute Gasteiger partial charge is 0.305 e. The van der Waals surface area contributed by atoms with E-state index in [0.717, 1.165) is 10.9 Å². The minimum Gasteiger partial charge on any atom is -0.494 e. The SMILES string of the molecule is COC(=O)CCCOc1ccc2[nH]c(=O)ccc2c1. The van der Waals surface area contributed by atoms with Gasteiger partial charge in [-0.2, -0.15) is 0 Å². The van der Waals surface area contributed by atoms with Crippen molar-refractivity contribution in [1.82, 2.24) is 4.98 Å². The largest absolute Gasteiger partial charge is 0.494 e. The average Bonchev–Trinajstić information content (AvgIpc) is 2.43. The van der Waals surface area contributed by atoms with Gasteiger partial charge in [0.1, 0.15) is 5.75 Å². The Morgan fingerprint density at radius 1 is 1.26 bits per heavy atom. The quantitative estimate of drug-likeness (QED) is 0.659. The van der Waals surface area contributed by atoms with Crippen LogP contribution in [0.5, 0.6) is 5.75 Å². The van der Waals surface area contributed by atoms with Crippen molar-refractivity contribution >= 4 is 16.9 Å². The Balaban J connectivity index is 1.96. The Hall–Kier alpha value is -2.30. The number of hydrogen-bond acceptors (Lipinski definition) is 4. The van der Waals surface area contributed by atoms with E-state index in [1.807, 2.05) is 6.07 Å². The topological polar surface area (TPSA) is 68.4 Å². The Morgan fingerprint density at radius 2 is 2.11 bits per heavy atom. The van der Waals surface area contributed by atoms with E-state index < -0.39 is 0 Å². The van der Waals surface area contributed by atoms with Gasteiger partial charge in [-0.15, -0.1) is 0 Å². The van der Waals surface area contributed by atoms with Crippen LogP contribution in [0.2, 0.25) is 0 Å². The van der Waals surface area contributed by atoms with E-state index >= 15 is 0 Å². The number of methoxy groups -OCH3 is 1. The summed E-state index contributed by atoms with van der Waals surface area (Å²) in [6.45, 7) is 0.448. The van der Waals surface area contributed by atoms with E-state index in [1.165, 1.54) is 13.2 Å². The monoisotopic (exact) mass is 261 g/mol. The molecule has 0 unspecified atom stereocenters. The first kappa shape index (κ1) is 13.1. The van der Waals surface area contributed by atoms with Gasteiger partial charge in [-0.1, -0.05) is 0 Å². The third-order valence-corrected chi connectivity index (χ3v) is 2.72. The maximum atomic E-state index is 11.1. The zero-order valence-corrected chi connectivity index (χ0v) is 10.6. The summed E-state index contributed by atoms with van der Waals surface area (Å²) < 4.78 is 10.1. The number of rotatable bonds is 5. The van der Waals surface area contributed by atoms with Crippen LogP contribution in [0.4, 0.5) is 0 Å². The molecule has 0 aliphatic rings. The van der Waals surface area contributed by atoms with Crippen molar-refractivity contribution in [2.75, 3.05) is 13.7 Å². The van der Waals surface area contributed by atoms with Crippen molar-refractivity contribution in [1.29, 1.82) is 0 Å². The molecular weight excluding hydrogens is 246 g/mol. The molecule has 100 valence electrons. The molecule has 0 fully saturated rings. The van der Waals surface area contributed by atoms with Crippen LogP contribution in [0, 0.1) is 0 Å². The molecule has 1 N–H and O–H groups in total. The summed E-state index contributed by atoms with van der Waals surface area (Å²) in [4.78, 5) is 24.8. The maximum Gasteiger partial charge on any atom is 0.305 e. The van der Waals surface area contributed by atoms with Crippen molar-refractivity contribution in [3.8, 4) is 5.75 Å².